The minimum Gasteiger partial charge on any atom is -0.484 e. The minimum atomic E-state index is -4.71. The van der Waals surface area contributed by atoms with Crippen LogP contribution in [0, 0.1) is 13.8 Å². The maximum Gasteiger partial charge on any atom is 0.418 e. The molecule has 6 nitrogen and oxygen atoms in total. The zero-order valence-corrected chi connectivity index (χ0v) is 19.6. The molecule has 0 aliphatic carbocycles. The molecule has 0 saturated heterocycles. The second-order valence-electron chi connectivity index (χ2n) is 7.40. The minimum absolute atomic E-state index is 0.0292. The lowest BCUT2D eigenvalue weighted by Crippen LogP contribution is -2.22. The van der Waals surface area contributed by atoms with Crippen LogP contribution in [0.2, 0.25) is 5.02 Å². The van der Waals surface area contributed by atoms with Crippen molar-refractivity contribution in [1.29, 1.82) is 0 Å². The molecule has 1 amide bonds. The standard InChI is InChI=1S/C23H20ClF3N2O4S/c1-14-3-5-17(11-15(14)2)29-34(31,32)19-8-6-18(7-9-19)33-13-22(30)28-21-10-4-16(24)12-20(21)23(25,26)27/h3-12,29H,13H2,1-2H3,(H,28,30). The van der Waals surface area contributed by atoms with Crippen molar-refractivity contribution in [2.45, 2.75) is 24.9 Å². The van der Waals surface area contributed by atoms with Gasteiger partial charge in [-0.1, -0.05) is 17.7 Å². The predicted molar refractivity (Wildman–Crippen MR) is 124 cm³/mol. The molecule has 0 bridgehead atoms. The van der Waals surface area contributed by atoms with Gasteiger partial charge in [0.15, 0.2) is 6.61 Å². The highest BCUT2D eigenvalue weighted by molar-refractivity contribution is 7.92. The molecule has 0 radical (unpaired) electrons. The second kappa shape index (κ2) is 9.94. The second-order valence-corrected chi connectivity index (χ2v) is 9.52. The summed E-state index contributed by atoms with van der Waals surface area (Å²) in [6.07, 6.45) is -4.71. The van der Waals surface area contributed by atoms with E-state index in [0.717, 1.165) is 17.2 Å². The zero-order valence-electron chi connectivity index (χ0n) is 18.0. The Morgan fingerprint density at radius 3 is 2.26 bits per heavy atom. The van der Waals surface area contributed by atoms with E-state index in [1.165, 1.54) is 30.3 Å². The van der Waals surface area contributed by atoms with Gasteiger partial charge in [-0.05, 0) is 79.6 Å². The van der Waals surface area contributed by atoms with E-state index in [9.17, 15) is 26.4 Å². The summed E-state index contributed by atoms with van der Waals surface area (Å²) in [6, 6.07) is 13.4. The molecule has 0 unspecified atom stereocenters. The molecule has 11 heteroatoms. The average molecular weight is 513 g/mol. The normalized spacial score (nSPS) is 11.7. The summed E-state index contributed by atoms with van der Waals surface area (Å²) in [7, 11) is -3.86. The lowest BCUT2D eigenvalue weighted by molar-refractivity contribution is -0.137. The van der Waals surface area contributed by atoms with Crippen molar-refractivity contribution in [2.24, 2.45) is 0 Å². The van der Waals surface area contributed by atoms with Gasteiger partial charge in [-0.25, -0.2) is 8.42 Å². The van der Waals surface area contributed by atoms with Gasteiger partial charge in [-0.2, -0.15) is 13.2 Å². The maximum atomic E-state index is 13.1. The number of benzene rings is 3. The van der Waals surface area contributed by atoms with Crippen LogP contribution in [0.25, 0.3) is 0 Å². The quantitative estimate of drug-likeness (QED) is 0.419. The number of halogens is 4. The third kappa shape index (κ3) is 6.42. The molecule has 0 aliphatic rings. The van der Waals surface area contributed by atoms with E-state index in [0.29, 0.717) is 11.8 Å². The molecule has 3 aromatic carbocycles. The topological polar surface area (TPSA) is 84.5 Å². The van der Waals surface area contributed by atoms with Crippen molar-refractivity contribution in [2.75, 3.05) is 16.6 Å². The number of rotatable bonds is 7. The van der Waals surface area contributed by atoms with Crippen LogP contribution in [0.5, 0.6) is 5.75 Å². The molecule has 3 aromatic rings. The van der Waals surface area contributed by atoms with E-state index in [-0.39, 0.29) is 15.7 Å². The lowest BCUT2D eigenvalue weighted by atomic mass is 10.1. The van der Waals surface area contributed by atoms with Crippen LogP contribution in [0.1, 0.15) is 16.7 Å². The van der Waals surface area contributed by atoms with E-state index in [2.05, 4.69) is 10.0 Å². The van der Waals surface area contributed by atoms with Crippen molar-refractivity contribution in [3.63, 3.8) is 0 Å². The van der Waals surface area contributed by atoms with Gasteiger partial charge >= 0.3 is 6.18 Å². The first-order valence-electron chi connectivity index (χ1n) is 9.85. The van der Waals surface area contributed by atoms with Crippen LogP contribution >= 0.6 is 11.6 Å². The van der Waals surface area contributed by atoms with Crippen LogP contribution in [-0.4, -0.2) is 20.9 Å². The first kappa shape index (κ1) is 25.4. The van der Waals surface area contributed by atoms with Crippen LogP contribution in [0.15, 0.2) is 65.6 Å². The number of aryl methyl sites for hydroxylation is 2. The molecule has 0 fully saturated rings. The maximum absolute atomic E-state index is 13.1. The number of amides is 1. The molecule has 3 rings (SSSR count). The summed E-state index contributed by atoms with van der Waals surface area (Å²) < 4.78 is 72.4. The Morgan fingerprint density at radius 2 is 1.65 bits per heavy atom. The third-order valence-corrected chi connectivity index (χ3v) is 6.46. The number of nitrogens with one attached hydrogen (secondary N) is 2. The molecule has 2 N–H and O–H groups in total. The van der Waals surface area contributed by atoms with Gasteiger partial charge in [0, 0.05) is 10.7 Å². The van der Waals surface area contributed by atoms with E-state index in [4.69, 9.17) is 16.3 Å². The molecule has 0 aromatic heterocycles. The van der Waals surface area contributed by atoms with Crippen LogP contribution in [0.4, 0.5) is 24.5 Å². The van der Waals surface area contributed by atoms with Crippen LogP contribution < -0.4 is 14.8 Å². The van der Waals surface area contributed by atoms with E-state index in [1.54, 1.807) is 18.2 Å². The Labute approximate surface area is 199 Å². The molecule has 0 atom stereocenters. The fourth-order valence-electron chi connectivity index (χ4n) is 2.93. The molecular weight excluding hydrogens is 493 g/mol. The Kier molecular flexibility index (Phi) is 7.42. The molecule has 180 valence electrons. The van der Waals surface area contributed by atoms with Gasteiger partial charge in [0.2, 0.25) is 0 Å². The summed E-state index contributed by atoms with van der Waals surface area (Å²) in [4.78, 5) is 12.1. The first-order valence-corrected chi connectivity index (χ1v) is 11.7. The Balaban J connectivity index is 1.63. The number of carbonyl (C=O) groups is 1. The molecule has 34 heavy (non-hydrogen) atoms. The molecule has 0 heterocycles. The fraction of sp³-hybridized carbons (Fsp3) is 0.174. The summed E-state index contributed by atoms with van der Waals surface area (Å²) in [5.74, 6) is -0.673. The average Bonchev–Trinajstić information content (AvgIpc) is 2.75. The van der Waals surface area contributed by atoms with Crippen molar-refractivity contribution >= 4 is 38.9 Å². The molecular formula is C23H20ClF3N2O4S. The number of sulfonamides is 1. The highest BCUT2D eigenvalue weighted by Gasteiger charge is 2.34. The number of anilines is 2. The number of hydrogen-bond donors (Lipinski definition) is 2. The van der Waals surface area contributed by atoms with Crippen molar-refractivity contribution in [1.82, 2.24) is 0 Å². The van der Waals surface area contributed by atoms with Crippen molar-refractivity contribution in [3.05, 3.63) is 82.4 Å². The summed E-state index contributed by atoms with van der Waals surface area (Å²) in [6.45, 7) is 3.19. The number of carbonyl (C=O) groups excluding carboxylic acids is 1. The molecule has 0 saturated carbocycles. The Bertz CT molecular complexity index is 1310. The largest absolute Gasteiger partial charge is 0.484 e. The highest BCUT2D eigenvalue weighted by atomic mass is 35.5. The summed E-state index contributed by atoms with van der Waals surface area (Å²) in [5.41, 5.74) is 0.839. The van der Waals surface area contributed by atoms with Gasteiger partial charge in [-0.15, -0.1) is 0 Å². The SMILES string of the molecule is Cc1ccc(NS(=O)(=O)c2ccc(OCC(=O)Nc3ccc(Cl)cc3C(F)(F)F)cc2)cc1C. The molecule has 0 spiro atoms. The van der Waals surface area contributed by atoms with Gasteiger partial charge in [-0.3, -0.25) is 9.52 Å². The van der Waals surface area contributed by atoms with Crippen LogP contribution in [-0.2, 0) is 21.0 Å². The van der Waals surface area contributed by atoms with E-state index >= 15 is 0 Å². The first-order chi connectivity index (χ1) is 15.8. The Morgan fingerprint density at radius 1 is 0.971 bits per heavy atom. The fourth-order valence-corrected chi connectivity index (χ4v) is 4.15. The smallest absolute Gasteiger partial charge is 0.418 e. The third-order valence-electron chi connectivity index (χ3n) is 4.82. The number of hydrogen-bond acceptors (Lipinski definition) is 4. The lowest BCUT2D eigenvalue weighted by Gasteiger charge is -2.14. The van der Waals surface area contributed by atoms with Gasteiger partial charge in [0.25, 0.3) is 15.9 Å². The van der Waals surface area contributed by atoms with Crippen LogP contribution in [0.3, 0.4) is 0 Å². The van der Waals surface area contributed by atoms with E-state index in [1.807, 2.05) is 13.8 Å². The van der Waals surface area contributed by atoms with Crippen molar-refractivity contribution < 1.29 is 31.1 Å². The van der Waals surface area contributed by atoms with E-state index < -0.39 is 40.0 Å². The monoisotopic (exact) mass is 512 g/mol. The summed E-state index contributed by atoms with van der Waals surface area (Å²) in [5, 5.41) is 2.02. The van der Waals surface area contributed by atoms with Gasteiger partial charge in [0.1, 0.15) is 5.75 Å². The Hall–Kier alpha value is -3.24. The zero-order chi connectivity index (χ0) is 25.1. The summed E-state index contributed by atoms with van der Waals surface area (Å²) >= 11 is 5.62. The number of alkyl halides is 3. The highest BCUT2D eigenvalue weighted by Crippen LogP contribution is 2.36. The van der Waals surface area contributed by atoms with Gasteiger partial charge < -0.3 is 10.1 Å². The number of ether oxygens (including phenoxy) is 1. The van der Waals surface area contributed by atoms with Gasteiger partial charge in [0.05, 0.1) is 16.1 Å². The van der Waals surface area contributed by atoms with Crippen molar-refractivity contribution in [3.8, 4) is 5.75 Å². The molecule has 0 aliphatic heterocycles. The predicted octanol–water partition coefficient (Wildman–Crippen LogP) is 5.79.